The third-order valence-corrected chi connectivity index (χ3v) is 4.17. The Morgan fingerprint density at radius 1 is 1.20 bits per heavy atom. The highest BCUT2D eigenvalue weighted by molar-refractivity contribution is 7.13. The number of carbonyl (C=O) groups is 1. The van der Waals surface area contributed by atoms with Crippen molar-refractivity contribution >= 4 is 17.2 Å². The van der Waals surface area contributed by atoms with Crippen LogP contribution in [0.2, 0.25) is 0 Å². The molecule has 0 saturated carbocycles. The molecule has 6 nitrogen and oxygen atoms in total. The third-order valence-electron chi connectivity index (χ3n) is 3.28. The van der Waals surface area contributed by atoms with Gasteiger partial charge in [-0.2, -0.15) is 0 Å². The van der Waals surface area contributed by atoms with Crippen molar-refractivity contribution in [2.45, 2.75) is 20.0 Å². The lowest BCUT2D eigenvalue weighted by Gasteiger charge is -2.09. The van der Waals surface area contributed by atoms with Gasteiger partial charge in [-0.1, -0.05) is 0 Å². The third kappa shape index (κ3) is 6.45. The van der Waals surface area contributed by atoms with Crippen molar-refractivity contribution in [2.75, 3.05) is 33.4 Å². The topological polar surface area (TPSA) is 72.5 Å². The molecule has 2 rings (SSSR count). The van der Waals surface area contributed by atoms with Crippen LogP contribution in [0.3, 0.4) is 0 Å². The summed E-state index contributed by atoms with van der Waals surface area (Å²) in [5.74, 6) is 0.671. The van der Waals surface area contributed by atoms with Gasteiger partial charge >= 0.3 is 0 Å². The molecule has 1 heterocycles. The molecule has 7 heteroatoms. The number of hydrogen-bond donors (Lipinski definition) is 2. The molecule has 136 valence electrons. The zero-order valence-corrected chi connectivity index (χ0v) is 15.7. The van der Waals surface area contributed by atoms with E-state index < -0.39 is 0 Å². The Morgan fingerprint density at radius 2 is 1.96 bits per heavy atom. The van der Waals surface area contributed by atoms with Crippen molar-refractivity contribution in [3.63, 3.8) is 0 Å². The van der Waals surface area contributed by atoms with Crippen LogP contribution in [0.15, 0.2) is 29.6 Å². The maximum Gasteiger partial charge on any atom is 0.270 e. The van der Waals surface area contributed by atoms with E-state index >= 15 is 0 Å². The average Bonchev–Trinajstić information content (AvgIpc) is 3.08. The van der Waals surface area contributed by atoms with Crippen LogP contribution < -0.4 is 15.4 Å². The fourth-order valence-electron chi connectivity index (χ4n) is 2.11. The van der Waals surface area contributed by atoms with Gasteiger partial charge in [0, 0.05) is 37.7 Å². The fourth-order valence-corrected chi connectivity index (χ4v) is 2.92. The minimum atomic E-state index is -0.157. The molecule has 1 amide bonds. The van der Waals surface area contributed by atoms with Gasteiger partial charge in [-0.15, -0.1) is 11.3 Å². The van der Waals surface area contributed by atoms with Crippen molar-refractivity contribution in [1.29, 1.82) is 0 Å². The Labute approximate surface area is 152 Å². The molecular weight excluding hydrogens is 338 g/mol. The zero-order valence-electron chi connectivity index (χ0n) is 14.9. The van der Waals surface area contributed by atoms with E-state index in [4.69, 9.17) is 9.47 Å². The molecule has 0 bridgehead atoms. The lowest BCUT2D eigenvalue weighted by atomic mass is 10.2. The molecule has 0 aliphatic heterocycles. The van der Waals surface area contributed by atoms with Gasteiger partial charge in [0.1, 0.15) is 16.5 Å². The highest BCUT2D eigenvalue weighted by atomic mass is 32.1. The first kappa shape index (κ1) is 19.4. The molecule has 0 aliphatic rings. The molecule has 0 atom stereocenters. The van der Waals surface area contributed by atoms with Gasteiger partial charge in [-0.25, -0.2) is 4.98 Å². The monoisotopic (exact) mass is 363 g/mol. The molecule has 2 aromatic rings. The highest BCUT2D eigenvalue weighted by Gasteiger charge is 2.11. The van der Waals surface area contributed by atoms with Crippen LogP contribution in [-0.2, 0) is 4.74 Å². The van der Waals surface area contributed by atoms with Crippen LogP contribution in [0, 0.1) is 0 Å². The number of methoxy groups -OCH3 is 1. The minimum absolute atomic E-state index is 0.144. The summed E-state index contributed by atoms with van der Waals surface area (Å²) in [5.41, 5.74) is 1.42. The molecule has 0 radical (unpaired) electrons. The van der Waals surface area contributed by atoms with E-state index in [1.807, 2.05) is 38.1 Å². The van der Waals surface area contributed by atoms with Gasteiger partial charge in [-0.05, 0) is 38.1 Å². The first-order valence-electron chi connectivity index (χ1n) is 8.30. The van der Waals surface area contributed by atoms with E-state index in [2.05, 4.69) is 15.6 Å². The maximum absolute atomic E-state index is 12.1. The number of carbonyl (C=O) groups excluding carboxylic acids is 1. The highest BCUT2D eigenvalue weighted by Crippen LogP contribution is 2.26. The smallest absolute Gasteiger partial charge is 0.270 e. The molecule has 2 N–H and O–H groups in total. The van der Waals surface area contributed by atoms with Gasteiger partial charge < -0.3 is 20.1 Å². The predicted octanol–water partition coefficient (Wildman–Crippen LogP) is 2.56. The molecule has 1 aromatic carbocycles. The summed E-state index contributed by atoms with van der Waals surface area (Å²) in [7, 11) is 1.66. The van der Waals surface area contributed by atoms with Gasteiger partial charge in [0.25, 0.3) is 5.91 Å². The van der Waals surface area contributed by atoms with Crippen LogP contribution in [-0.4, -0.2) is 50.3 Å². The summed E-state index contributed by atoms with van der Waals surface area (Å²) in [6, 6.07) is 7.75. The summed E-state index contributed by atoms with van der Waals surface area (Å²) in [6.07, 6.45) is 0.144. The van der Waals surface area contributed by atoms with Crippen LogP contribution in [0.25, 0.3) is 10.6 Å². The van der Waals surface area contributed by atoms with Crippen molar-refractivity contribution in [3.8, 4) is 16.3 Å². The lowest BCUT2D eigenvalue weighted by Crippen LogP contribution is -2.33. The lowest BCUT2D eigenvalue weighted by molar-refractivity contribution is 0.0949. The largest absolute Gasteiger partial charge is 0.491 e. The van der Waals surface area contributed by atoms with Crippen LogP contribution in [0.1, 0.15) is 24.3 Å². The zero-order chi connectivity index (χ0) is 18.1. The van der Waals surface area contributed by atoms with Crippen molar-refractivity contribution in [3.05, 3.63) is 35.3 Å². The molecule has 25 heavy (non-hydrogen) atoms. The van der Waals surface area contributed by atoms with Crippen molar-refractivity contribution < 1.29 is 14.3 Å². The Hall–Kier alpha value is -1.96. The van der Waals surface area contributed by atoms with Gasteiger partial charge in [0.05, 0.1) is 12.7 Å². The molecule has 0 fully saturated rings. The average molecular weight is 363 g/mol. The molecule has 0 saturated heterocycles. The second kappa shape index (κ2) is 10.1. The summed E-state index contributed by atoms with van der Waals surface area (Å²) in [4.78, 5) is 16.5. The van der Waals surface area contributed by atoms with Crippen molar-refractivity contribution in [1.82, 2.24) is 15.6 Å². The quantitative estimate of drug-likeness (QED) is 0.635. The molecule has 0 aliphatic carbocycles. The second-order valence-corrected chi connectivity index (χ2v) is 6.59. The molecule has 0 spiro atoms. The number of benzene rings is 1. The van der Waals surface area contributed by atoms with Crippen LogP contribution in [0.4, 0.5) is 0 Å². The minimum Gasteiger partial charge on any atom is -0.491 e. The number of nitrogens with one attached hydrogen (secondary N) is 2. The second-order valence-electron chi connectivity index (χ2n) is 5.73. The van der Waals surface area contributed by atoms with Gasteiger partial charge in [-0.3, -0.25) is 4.79 Å². The first-order valence-corrected chi connectivity index (χ1v) is 9.18. The number of ether oxygens (including phenoxy) is 2. The van der Waals surface area contributed by atoms with E-state index in [0.717, 1.165) is 22.9 Å². The number of nitrogens with zero attached hydrogens (tertiary/aromatic N) is 1. The fraction of sp³-hybridized carbons (Fsp3) is 0.444. The summed E-state index contributed by atoms with van der Waals surface area (Å²) < 4.78 is 10.6. The number of hydrogen-bond acceptors (Lipinski definition) is 6. The van der Waals surface area contributed by atoms with E-state index in [-0.39, 0.29) is 12.0 Å². The summed E-state index contributed by atoms with van der Waals surface area (Å²) >= 11 is 1.46. The molecular formula is C18H25N3O3S. The van der Waals surface area contributed by atoms with Crippen LogP contribution >= 0.6 is 11.3 Å². The first-order chi connectivity index (χ1) is 12.1. The Balaban J connectivity index is 1.85. The summed E-state index contributed by atoms with van der Waals surface area (Å²) in [6.45, 7) is 6.66. The molecule has 1 aromatic heterocycles. The van der Waals surface area contributed by atoms with Gasteiger partial charge in [0.2, 0.25) is 0 Å². The Kier molecular flexibility index (Phi) is 7.84. The van der Waals surface area contributed by atoms with Crippen molar-refractivity contribution in [2.24, 2.45) is 0 Å². The van der Waals surface area contributed by atoms with E-state index in [0.29, 0.717) is 25.4 Å². The van der Waals surface area contributed by atoms with Crippen LogP contribution in [0.5, 0.6) is 5.75 Å². The standard InChI is InChI=1S/C18H25N3O3S/c1-13(2)24-15-6-4-14(5-7-15)18-21-16(12-25-18)17(22)20-9-8-19-10-11-23-3/h4-7,12-13,19H,8-11H2,1-3H3,(H,20,22). The number of aromatic nitrogens is 1. The number of rotatable bonds is 10. The Bertz CT molecular complexity index is 656. The SMILES string of the molecule is COCCNCCNC(=O)c1csc(-c2ccc(OC(C)C)cc2)n1. The maximum atomic E-state index is 12.1. The van der Waals surface area contributed by atoms with E-state index in [1.165, 1.54) is 11.3 Å². The number of amides is 1. The van der Waals surface area contributed by atoms with E-state index in [1.54, 1.807) is 12.5 Å². The predicted molar refractivity (Wildman–Crippen MR) is 100 cm³/mol. The van der Waals surface area contributed by atoms with Gasteiger partial charge in [0.15, 0.2) is 0 Å². The van der Waals surface area contributed by atoms with E-state index in [9.17, 15) is 4.79 Å². The number of thiazole rings is 1. The molecule has 0 unspecified atom stereocenters. The normalized spacial score (nSPS) is 10.9. The Morgan fingerprint density at radius 3 is 2.64 bits per heavy atom. The summed E-state index contributed by atoms with van der Waals surface area (Å²) in [5, 5.41) is 8.62.